The van der Waals surface area contributed by atoms with Crippen LogP contribution in [0.4, 0.5) is 0 Å². The van der Waals surface area contributed by atoms with Crippen molar-refractivity contribution in [3.05, 3.63) is 0 Å². The maximum atomic E-state index is 8.25. The maximum absolute atomic E-state index is 8.25. The molecule has 13 heavy (non-hydrogen) atoms. The molecule has 0 bridgehead atoms. The van der Waals surface area contributed by atoms with Gasteiger partial charge >= 0.3 is 85.9 Å². The molecule has 0 saturated carbocycles. The second-order valence-electron chi connectivity index (χ2n) is 0.385. The summed E-state index contributed by atoms with van der Waals surface area (Å²) in [5.74, 6) is 0. The molecule has 0 aromatic heterocycles. The van der Waals surface area contributed by atoms with Crippen LogP contribution < -0.4 is 20.1 Å². The molecule has 0 spiro atoms. The average molecular weight is 244 g/mol. The second-order valence-corrected chi connectivity index (χ2v) is 0.385. The van der Waals surface area contributed by atoms with Crippen LogP contribution in [0.5, 0.6) is 0 Å². The molecule has 8 nitrogen and oxygen atoms in total. The average Bonchev–Trinajstić information content (AvgIpc) is 1.92. The van der Waals surface area contributed by atoms with Crippen molar-refractivity contribution < 1.29 is 38.9 Å². The summed E-state index contributed by atoms with van der Waals surface area (Å²) in [5, 5.41) is 33.0. The first-order valence-corrected chi connectivity index (χ1v) is 1.89. The monoisotopic (exact) mass is 246 g/mol. The summed E-state index contributed by atoms with van der Waals surface area (Å²) < 4.78 is 33.0. The van der Waals surface area contributed by atoms with Crippen LogP contribution in [0.1, 0.15) is 0 Å². The fraction of sp³-hybridized carbons (Fsp3) is 0. The zero-order chi connectivity index (χ0) is 10.8. The van der Waals surface area contributed by atoms with Gasteiger partial charge < -0.3 is 0 Å². The van der Waals surface area contributed by atoms with Gasteiger partial charge in [-0.05, 0) is 0 Å². The minimum Gasteiger partial charge on any atom is 4.00 e. The summed E-state index contributed by atoms with van der Waals surface area (Å²) in [6.07, 6.45) is 0. The molecule has 0 aliphatic heterocycles. The van der Waals surface area contributed by atoms with E-state index in [0.717, 1.165) is 0 Å². The van der Waals surface area contributed by atoms with Crippen LogP contribution in [0.3, 0.4) is 0 Å². The van der Waals surface area contributed by atoms with Gasteiger partial charge in [0.2, 0.25) is 0 Å². The normalized spacial score (nSPS) is 2.46. The van der Waals surface area contributed by atoms with Gasteiger partial charge in [0.1, 0.15) is 0 Å². The quantitative estimate of drug-likeness (QED) is 0.379. The van der Waals surface area contributed by atoms with Crippen molar-refractivity contribution in [2.45, 2.75) is 0 Å². The van der Waals surface area contributed by atoms with Gasteiger partial charge in [-0.15, -0.1) is 0 Å². The van der Waals surface area contributed by atoms with Crippen LogP contribution in [-0.4, -0.2) is 47.0 Å². The van der Waals surface area contributed by atoms with E-state index in [1.807, 2.05) is 0 Å². The van der Waals surface area contributed by atoms with Crippen molar-refractivity contribution in [2.75, 3.05) is 0 Å². The summed E-state index contributed by atoms with van der Waals surface area (Å²) in [6.45, 7) is 0. The fourth-order valence-electron chi connectivity index (χ4n) is 0. The minimum atomic E-state index is -0.500. The second kappa shape index (κ2) is 114. The smallest absolute Gasteiger partial charge is 4.00 e. The van der Waals surface area contributed by atoms with Crippen molar-refractivity contribution in [1.82, 2.24) is 0 Å². The van der Waals surface area contributed by atoms with Crippen LogP contribution in [0, 0.1) is 0 Å². The third kappa shape index (κ3) is 1490. The van der Waals surface area contributed by atoms with Crippen molar-refractivity contribution in [2.24, 2.45) is 0 Å². The van der Waals surface area contributed by atoms with Crippen LogP contribution >= 0.6 is 0 Å². The molecular weight excluding hydrogens is 244 g/mol. The molecule has 0 unspecified atom stereocenters. The first-order valence-electron chi connectivity index (χ1n) is 1.89. The van der Waals surface area contributed by atoms with E-state index < -0.39 is 29.4 Å². The summed E-state index contributed by atoms with van der Waals surface area (Å²) in [5.41, 5.74) is 0. The Morgan fingerprint density at radius 2 is 0.538 bits per heavy atom. The molecule has 0 saturated heterocycles. The minimum absolute atomic E-state index is 0. The molecule has 0 amide bonds. The van der Waals surface area contributed by atoms with E-state index in [1.54, 1.807) is 0 Å². The standard InChI is InChI=1S/4BO2.Ge/c4*2-1-3;/q4*-1;+4. The van der Waals surface area contributed by atoms with E-state index in [2.05, 4.69) is 0 Å². The molecule has 0 N–H and O–H groups in total. The zero-order valence-corrected chi connectivity index (χ0v) is 8.17. The molecule has 0 radical (unpaired) electrons. The Balaban J connectivity index is -0.0000000213. The number of rotatable bonds is 0. The molecule has 0 heterocycles. The van der Waals surface area contributed by atoms with Gasteiger partial charge in [-0.25, -0.2) is 0 Å². The number of hydrogen-bond donors (Lipinski definition) is 0. The Morgan fingerprint density at radius 1 is 0.538 bits per heavy atom. The molecule has 0 atom stereocenters. The van der Waals surface area contributed by atoms with Crippen molar-refractivity contribution in [3.63, 3.8) is 0 Å². The Kier molecular flexibility index (Phi) is 258. The summed E-state index contributed by atoms with van der Waals surface area (Å²) >= 11 is 0. The first kappa shape index (κ1) is 29.5. The molecule has 0 aromatic rings. The van der Waals surface area contributed by atoms with Gasteiger partial charge in [0.05, 0.1) is 0 Å². The molecule has 0 rings (SSSR count). The predicted molar refractivity (Wildman–Crippen MR) is 31.5 cm³/mol. The van der Waals surface area contributed by atoms with E-state index in [9.17, 15) is 0 Å². The van der Waals surface area contributed by atoms with Gasteiger partial charge in [0.15, 0.2) is 0 Å². The predicted octanol–water partition coefficient (Wildman–Crippen LogP) is -7.14. The molecule has 0 fully saturated rings. The van der Waals surface area contributed by atoms with Gasteiger partial charge in [-0.3, -0.25) is 0 Å². The van der Waals surface area contributed by atoms with E-state index in [0.29, 0.717) is 0 Å². The zero-order valence-electron chi connectivity index (χ0n) is 6.08. The third-order valence-electron chi connectivity index (χ3n) is 0. The Labute approximate surface area is 86.5 Å². The van der Waals surface area contributed by atoms with Crippen molar-refractivity contribution >= 4 is 47.0 Å². The van der Waals surface area contributed by atoms with Crippen molar-refractivity contribution in [1.29, 1.82) is 0 Å². The molecule has 13 heteroatoms. The van der Waals surface area contributed by atoms with E-state index >= 15 is 0 Å². The van der Waals surface area contributed by atoms with Gasteiger partial charge in [0.25, 0.3) is 0 Å². The van der Waals surface area contributed by atoms with E-state index in [4.69, 9.17) is 38.9 Å². The van der Waals surface area contributed by atoms with E-state index in [-0.39, 0.29) is 17.6 Å². The Bertz CT molecular complexity index is 70.1. The molecule has 64 valence electrons. The molecule has 0 aromatic carbocycles. The van der Waals surface area contributed by atoms with Crippen LogP contribution in [0.15, 0.2) is 0 Å². The van der Waals surface area contributed by atoms with Gasteiger partial charge in [-0.1, -0.05) is 0 Å². The number of hydrogen-bond acceptors (Lipinski definition) is 8. The summed E-state index contributed by atoms with van der Waals surface area (Å²) in [4.78, 5) is 0. The summed E-state index contributed by atoms with van der Waals surface area (Å²) in [6, 6.07) is 0. The fourth-order valence-corrected chi connectivity index (χ4v) is 0. The maximum Gasteiger partial charge on any atom is 4.00 e. The Morgan fingerprint density at radius 3 is 0.538 bits per heavy atom. The SMILES string of the molecule is O=B[O-].O=B[O-].O=B[O-].O=B[O-].[Ge+4]. The van der Waals surface area contributed by atoms with Gasteiger partial charge in [0, 0.05) is 0 Å². The Hall–Kier alpha value is -0.797. The van der Waals surface area contributed by atoms with Crippen molar-refractivity contribution in [3.8, 4) is 0 Å². The van der Waals surface area contributed by atoms with Crippen LogP contribution in [-0.2, 0) is 18.8 Å². The van der Waals surface area contributed by atoms with Crippen LogP contribution in [0.25, 0.3) is 0 Å². The van der Waals surface area contributed by atoms with Gasteiger partial charge in [-0.2, -0.15) is 0 Å². The summed E-state index contributed by atoms with van der Waals surface area (Å²) in [7, 11) is -2.00. The molecular formula is B4GeO8. The van der Waals surface area contributed by atoms with E-state index in [1.165, 1.54) is 0 Å². The van der Waals surface area contributed by atoms with Crippen LogP contribution in [0.2, 0.25) is 0 Å². The molecule has 0 aliphatic carbocycles. The molecule has 0 aliphatic rings. The third-order valence-corrected chi connectivity index (χ3v) is 0. The largest absolute Gasteiger partial charge is 4.00 e. The first-order chi connectivity index (χ1) is 5.66. The topological polar surface area (TPSA) is 161 Å².